The van der Waals surface area contributed by atoms with Gasteiger partial charge in [0.15, 0.2) is 0 Å². The molecule has 1 aliphatic heterocycles. The van der Waals surface area contributed by atoms with E-state index in [4.69, 9.17) is 0 Å². The van der Waals surface area contributed by atoms with E-state index in [1.54, 1.807) is 20.0 Å². The summed E-state index contributed by atoms with van der Waals surface area (Å²) >= 11 is 1.75. The first-order chi connectivity index (χ1) is 9.43. The van der Waals surface area contributed by atoms with Gasteiger partial charge in [0.05, 0.1) is 0 Å². The van der Waals surface area contributed by atoms with Crippen LogP contribution in [0.1, 0.15) is 64.2 Å². The van der Waals surface area contributed by atoms with Crippen molar-refractivity contribution in [3.05, 3.63) is 19.1 Å². The molecule has 0 atom stereocenters. The van der Waals surface area contributed by atoms with Crippen LogP contribution in [0.2, 0.25) is 0 Å². The molecule has 4 heteroatoms. The van der Waals surface area contributed by atoms with Crippen molar-refractivity contribution < 1.29 is 20.0 Å². The van der Waals surface area contributed by atoms with E-state index >= 15 is 0 Å². The Balaban J connectivity index is 0.000000637. The average Bonchev–Trinajstić information content (AvgIpc) is 3.01. The van der Waals surface area contributed by atoms with E-state index in [2.05, 4.69) is 38.1 Å². The number of rotatable bonds is 2. The third kappa shape index (κ3) is 4.42. The van der Waals surface area contributed by atoms with Gasteiger partial charge in [-0.05, 0) is 38.1 Å². The molecular formula is C15H25AuClN2-. The van der Waals surface area contributed by atoms with Gasteiger partial charge in [0.1, 0.15) is 0 Å². The maximum absolute atomic E-state index is 4.58. The molecule has 114 valence electrons. The van der Waals surface area contributed by atoms with Crippen molar-refractivity contribution in [2.75, 3.05) is 0 Å². The molecule has 2 aliphatic carbocycles. The molecule has 19 heavy (non-hydrogen) atoms. The SMILES string of the molecule is C1=CN(C2CCCCC2)[CH-]N1C1CCCCC1.[Cl][Au]. The molecular weight excluding hydrogens is 441 g/mol. The van der Waals surface area contributed by atoms with Crippen LogP contribution in [0.4, 0.5) is 0 Å². The molecule has 3 aliphatic rings. The Morgan fingerprint density at radius 2 is 1.11 bits per heavy atom. The van der Waals surface area contributed by atoms with E-state index in [0.717, 1.165) is 12.1 Å². The standard InChI is InChI=1S/C15H25N2.Au.ClH/c1-3-7-14(8-4-1)16-11-12-17(13-16)15-9-5-2-6-10-15;;/h11-15H,1-10H2;;1H/q-1;+1;/p-1. The van der Waals surface area contributed by atoms with Gasteiger partial charge in [0.2, 0.25) is 0 Å². The summed E-state index contributed by atoms with van der Waals surface area (Å²) in [5, 5.41) is 0. The monoisotopic (exact) mass is 465 g/mol. The summed E-state index contributed by atoms with van der Waals surface area (Å²) in [6.45, 7) is 2.38. The topological polar surface area (TPSA) is 6.48 Å². The first-order valence-electron chi connectivity index (χ1n) is 7.63. The predicted molar refractivity (Wildman–Crippen MR) is 76.7 cm³/mol. The summed E-state index contributed by atoms with van der Waals surface area (Å²) in [5.74, 6) is 0. The fourth-order valence-corrected chi connectivity index (χ4v) is 3.58. The summed E-state index contributed by atoms with van der Waals surface area (Å²) in [6.07, 6.45) is 18.8. The third-order valence-corrected chi connectivity index (χ3v) is 4.67. The zero-order valence-electron chi connectivity index (χ0n) is 11.5. The Kier molecular flexibility index (Phi) is 7.14. The molecule has 0 bridgehead atoms. The molecule has 0 amide bonds. The van der Waals surface area contributed by atoms with E-state index in [9.17, 15) is 0 Å². The molecule has 0 spiro atoms. The number of hydrogen-bond donors (Lipinski definition) is 0. The van der Waals surface area contributed by atoms with Crippen LogP contribution in [0.5, 0.6) is 0 Å². The van der Waals surface area contributed by atoms with Gasteiger partial charge in [-0.15, -0.1) is 0 Å². The second kappa shape index (κ2) is 8.61. The first-order valence-corrected chi connectivity index (χ1v) is 10.3. The Morgan fingerprint density at radius 1 is 0.737 bits per heavy atom. The van der Waals surface area contributed by atoms with Crippen LogP contribution in [0, 0.1) is 6.67 Å². The van der Waals surface area contributed by atoms with Crippen molar-refractivity contribution in [1.29, 1.82) is 0 Å². The second-order valence-corrected chi connectivity index (χ2v) is 5.89. The van der Waals surface area contributed by atoms with Crippen molar-refractivity contribution in [1.82, 2.24) is 9.80 Å². The van der Waals surface area contributed by atoms with Gasteiger partial charge in [-0.25, -0.2) is 0 Å². The molecule has 0 aromatic rings. The molecule has 2 fully saturated rings. The molecule has 0 N–H and O–H groups in total. The van der Waals surface area contributed by atoms with Crippen LogP contribution in [0.3, 0.4) is 0 Å². The minimum atomic E-state index is 0.786. The zero-order chi connectivity index (χ0) is 13.5. The van der Waals surface area contributed by atoms with E-state index in [1.165, 1.54) is 64.2 Å². The van der Waals surface area contributed by atoms with E-state index in [0.29, 0.717) is 0 Å². The number of hydrogen-bond acceptors (Lipinski definition) is 2. The molecule has 0 aromatic carbocycles. The van der Waals surface area contributed by atoms with Gasteiger partial charge in [-0.2, -0.15) is 6.67 Å². The van der Waals surface area contributed by atoms with E-state index in [-0.39, 0.29) is 0 Å². The van der Waals surface area contributed by atoms with Gasteiger partial charge < -0.3 is 9.80 Å². The molecule has 2 nitrogen and oxygen atoms in total. The summed E-state index contributed by atoms with van der Waals surface area (Å²) in [5.41, 5.74) is 0. The number of halogens is 1. The van der Waals surface area contributed by atoms with Gasteiger partial charge in [0, 0.05) is 12.1 Å². The van der Waals surface area contributed by atoms with Gasteiger partial charge in [-0.1, -0.05) is 38.5 Å². The molecule has 0 saturated heterocycles. The molecule has 0 radical (unpaired) electrons. The summed E-state index contributed by atoms with van der Waals surface area (Å²) < 4.78 is 0. The Bertz CT molecular complexity index is 247. The van der Waals surface area contributed by atoms with Gasteiger partial charge in [0.25, 0.3) is 0 Å². The first kappa shape index (κ1) is 15.8. The maximum atomic E-state index is 4.58. The van der Waals surface area contributed by atoms with E-state index < -0.39 is 0 Å². The molecule has 3 rings (SSSR count). The summed E-state index contributed by atoms with van der Waals surface area (Å²) in [6, 6.07) is 1.57. The molecule has 1 heterocycles. The van der Waals surface area contributed by atoms with Crippen LogP contribution >= 0.6 is 9.19 Å². The van der Waals surface area contributed by atoms with Gasteiger partial charge in [-0.3, -0.25) is 0 Å². The van der Waals surface area contributed by atoms with Crippen LogP contribution in [-0.2, 0) is 20.0 Å². The second-order valence-electron chi connectivity index (χ2n) is 5.89. The minimum absolute atomic E-state index is 0.786. The van der Waals surface area contributed by atoms with Crippen molar-refractivity contribution in [3.63, 3.8) is 0 Å². The number of nitrogens with zero attached hydrogens (tertiary/aromatic N) is 2. The summed E-state index contributed by atoms with van der Waals surface area (Å²) in [4.78, 5) is 4.96. The fourth-order valence-electron chi connectivity index (χ4n) is 3.58. The fraction of sp³-hybridized carbons (Fsp3) is 0.800. The van der Waals surface area contributed by atoms with Gasteiger partial charge >= 0.3 is 29.2 Å². The van der Waals surface area contributed by atoms with Crippen LogP contribution < -0.4 is 0 Å². The third-order valence-electron chi connectivity index (χ3n) is 4.67. The van der Waals surface area contributed by atoms with E-state index in [1.807, 2.05) is 0 Å². The molecule has 0 unspecified atom stereocenters. The van der Waals surface area contributed by atoms with Crippen molar-refractivity contribution in [2.24, 2.45) is 0 Å². The van der Waals surface area contributed by atoms with Crippen molar-refractivity contribution in [2.45, 2.75) is 76.3 Å². The quantitative estimate of drug-likeness (QED) is 0.436. The Morgan fingerprint density at radius 3 is 1.47 bits per heavy atom. The summed E-state index contributed by atoms with van der Waals surface area (Å²) in [7, 11) is 4.58. The Hall–Kier alpha value is 0.370. The van der Waals surface area contributed by atoms with Crippen molar-refractivity contribution >= 4 is 9.19 Å². The normalized spacial score (nSPS) is 25.4. The Labute approximate surface area is 134 Å². The molecule has 2 saturated carbocycles. The van der Waals surface area contributed by atoms with Crippen molar-refractivity contribution in [3.8, 4) is 0 Å². The zero-order valence-corrected chi connectivity index (χ0v) is 14.5. The van der Waals surface area contributed by atoms with Crippen LogP contribution in [-0.4, -0.2) is 21.9 Å². The van der Waals surface area contributed by atoms with Crippen LogP contribution in [0.15, 0.2) is 12.4 Å². The molecule has 0 aromatic heterocycles. The van der Waals surface area contributed by atoms with Crippen LogP contribution in [0.25, 0.3) is 0 Å². The predicted octanol–water partition coefficient (Wildman–Crippen LogP) is 4.55. The average molecular weight is 466 g/mol.